The highest BCUT2D eigenvalue weighted by Crippen LogP contribution is 2.42. The molecule has 0 aliphatic carbocycles. The lowest BCUT2D eigenvalue weighted by Crippen LogP contribution is -2.42. The molecule has 36 heavy (non-hydrogen) atoms. The molecule has 2 aromatic rings. The van der Waals surface area contributed by atoms with Crippen molar-refractivity contribution in [1.29, 1.82) is 0 Å². The maximum atomic E-state index is 11.7. The first-order valence-electron chi connectivity index (χ1n) is 12.5. The minimum Gasteiger partial charge on any atom is -0.493 e. The summed E-state index contributed by atoms with van der Waals surface area (Å²) in [5.74, 6) is 2.33. The third-order valence-electron chi connectivity index (χ3n) is 6.88. The predicted molar refractivity (Wildman–Crippen MR) is 149 cm³/mol. The van der Waals surface area contributed by atoms with Crippen LogP contribution in [-0.4, -0.2) is 49.3 Å². The zero-order valence-corrected chi connectivity index (χ0v) is 22.9. The van der Waals surface area contributed by atoms with Gasteiger partial charge in [0.05, 0.1) is 25.2 Å². The summed E-state index contributed by atoms with van der Waals surface area (Å²) in [6.45, 7) is 10.4. The third kappa shape index (κ3) is 5.24. The largest absolute Gasteiger partial charge is 0.493 e. The number of ether oxygens (including phenoxy) is 2. The van der Waals surface area contributed by atoms with Crippen molar-refractivity contribution in [2.75, 3.05) is 32.2 Å². The first kappa shape index (κ1) is 26.1. The van der Waals surface area contributed by atoms with Crippen LogP contribution in [-0.2, 0) is 5.41 Å². The van der Waals surface area contributed by atoms with Gasteiger partial charge in [-0.2, -0.15) is 5.10 Å². The van der Waals surface area contributed by atoms with Crippen LogP contribution in [0.25, 0.3) is 0 Å². The Balaban J connectivity index is 1.80. The molecule has 0 radical (unpaired) electrons. The second-order valence-electron chi connectivity index (χ2n) is 9.80. The molecule has 0 saturated carbocycles. The van der Waals surface area contributed by atoms with Crippen molar-refractivity contribution in [2.45, 2.75) is 57.6 Å². The Morgan fingerprint density at radius 2 is 1.97 bits per heavy atom. The van der Waals surface area contributed by atoms with Crippen molar-refractivity contribution < 1.29 is 14.3 Å². The van der Waals surface area contributed by atoms with Gasteiger partial charge in [-0.1, -0.05) is 45.0 Å². The number of unbranched alkanes of at least 4 members (excludes halogenated alkanes) is 1. The number of hydrogen-bond acceptors (Lipinski definition) is 6. The van der Waals surface area contributed by atoms with Crippen molar-refractivity contribution in [2.24, 2.45) is 10.1 Å². The number of methoxy groups -OCH3 is 2. The summed E-state index contributed by atoms with van der Waals surface area (Å²) in [6.07, 6.45) is 3.10. The number of amidine groups is 1. The van der Waals surface area contributed by atoms with E-state index in [0.717, 1.165) is 60.7 Å². The summed E-state index contributed by atoms with van der Waals surface area (Å²) in [6, 6.07) is 12.5. The lowest BCUT2D eigenvalue weighted by Gasteiger charge is -2.41. The molecule has 8 heteroatoms. The topological polar surface area (TPSA) is 75.5 Å². The fourth-order valence-electron chi connectivity index (χ4n) is 4.73. The van der Waals surface area contributed by atoms with Crippen LogP contribution in [0, 0.1) is 0 Å². The number of rotatable bonds is 7. The van der Waals surface area contributed by atoms with E-state index in [1.807, 2.05) is 19.1 Å². The SMILES string of the molecule is CCCC/N=C(/c1ccc(OC)c(OC)c1)N1CCC(C)(C)c2cc(C3=NNC(=O)SC3C)ccc21. The maximum absolute atomic E-state index is 11.7. The van der Waals surface area contributed by atoms with E-state index < -0.39 is 0 Å². The Kier molecular flexibility index (Phi) is 7.93. The quantitative estimate of drug-likeness (QED) is 0.283. The van der Waals surface area contributed by atoms with Crippen LogP contribution in [0.2, 0.25) is 0 Å². The van der Waals surface area contributed by atoms with E-state index in [4.69, 9.17) is 14.5 Å². The molecule has 2 aliphatic rings. The second kappa shape index (κ2) is 10.9. The fourth-order valence-corrected chi connectivity index (χ4v) is 5.45. The van der Waals surface area contributed by atoms with Gasteiger partial charge in [-0.05, 0) is 66.6 Å². The smallest absolute Gasteiger partial charge is 0.299 e. The molecular weight excluding hydrogens is 472 g/mol. The third-order valence-corrected chi connectivity index (χ3v) is 7.76. The van der Waals surface area contributed by atoms with E-state index in [2.05, 4.69) is 60.5 Å². The van der Waals surface area contributed by atoms with Crippen LogP contribution in [0.1, 0.15) is 63.6 Å². The van der Waals surface area contributed by atoms with Crippen molar-refractivity contribution in [3.05, 3.63) is 53.1 Å². The lowest BCUT2D eigenvalue weighted by atomic mass is 9.76. The number of amides is 1. The first-order chi connectivity index (χ1) is 17.3. The van der Waals surface area contributed by atoms with E-state index in [0.29, 0.717) is 11.5 Å². The Bertz CT molecular complexity index is 1190. The van der Waals surface area contributed by atoms with Gasteiger partial charge >= 0.3 is 0 Å². The van der Waals surface area contributed by atoms with Crippen molar-refractivity contribution in [1.82, 2.24) is 5.43 Å². The van der Waals surface area contributed by atoms with Gasteiger partial charge in [0.2, 0.25) is 0 Å². The Morgan fingerprint density at radius 3 is 2.67 bits per heavy atom. The summed E-state index contributed by atoms with van der Waals surface area (Å²) in [4.78, 5) is 19.2. The summed E-state index contributed by atoms with van der Waals surface area (Å²) in [5.41, 5.74) is 7.96. The van der Waals surface area contributed by atoms with Crippen LogP contribution >= 0.6 is 11.8 Å². The van der Waals surface area contributed by atoms with Crippen molar-refractivity contribution in [3.8, 4) is 11.5 Å². The second-order valence-corrected chi connectivity index (χ2v) is 11.1. The molecule has 0 spiro atoms. The van der Waals surface area contributed by atoms with Crippen molar-refractivity contribution >= 4 is 34.2 Å². The number of fused-ring (bicyclic) bond motifs is 1. The van der Waals surface area contributed by atoms with E-state index in [-0.39, 0.29) is 15.9 Å². The number of aliphatic imine (C=N–C) groups is 1. The molecule has 2 aromatic carbocycles. The van der Waals surface area contributed by atoms with Gasteiger partial charge in [0.1, 0.15) is 5.84 Å². The number of thioether (sulfide) groups is 1. The molecule has 1 unspecified atom stereocenters. The van der Waals surface area contributed by atoms with Gasteiger partial charge in [-0.15, -0.1) is 0 Å². The average molecular weight is 509 g/mol. The molecule has 1 N–H and O–H groups in total. The Morgan fingerprint density at radius 1 is 1.19 bits per heavy atom. The summed E-state index contributed by atoms with van der Waals surface area (Å²) >= 11 is 1.27. The molecule has 2 heterocycles. The molecule has 7 nitrogen and oxygen atoms in total. The molecule has 0 bridgehead atoms. The van der Waals surface area contributed by atoms with E-state index >= 15 is 0 Å². The number of hydrogen-bond donors (Lipinski definition) is 1. The molecular formula is C28H36N4O3S. The highest BCUT2D eigenvalue weighted by molar-refractivity contribution is 8.14. The predicted octanol–water partition coefficient (Wildman–Crippen LogP) is 5.99. The highest BCUT2D eigenvalue weighted by Gasteiger charge is 2.35. The molecule has 1 amide bonds. The monoisotopic (exact) mass is 508 g/mol. The highest BCUT2D eigenvalue weighted by atomic mass is 32.2. The average Bonchev–Trinajstić information content (AvgIpc) is 2.87. The van der Waals surface area contributed by atoms with Gasteiger partial charge in [0.15, 0.2) is 11.5 Å². The molecule has 0 fully saturated rings. The summed E-state index contributed by atoms with van der Waals surface area (Å²) < 4.78 is 11.1. The molecule has 4 rings (SSSR count). The van der Waals surface area contributed by atoms with E-state index in [9.17, 15) is 4.79 Å². The number of carbonyl (C=O) groups excluding carboxylic acids is 1. The maximum Gasteiger partial charge on any atom is 0.299 e. The lowest BCUT2D eigenvalue weighted by molar-refractivity contribution is 0.261. The number of carbonyl (C=O) groups is 1. The van der Waals surface area contributed by atoms with Gasteiger partial charge in [0, 0.05) is 24.3 Å². The molecule has 0 aromatic heterocycles. The minimum absolute atomic E-state index is 0.00228. The van der Waals surface area contributed by atoms with Crippen molar-refractivity contribution in [3.63, 3.8) is 0 Å². The number of benzene rings is 2. The summed E-state index contributed by atoms with van der Waals surface area (Å²) in [5, 5.41) is 4.26. The van der Waals surface area contributed by atoms with E-state index in [1.54, 1.807) is 14.2 Å². The van der Waals surface area contributed by atoms with Crippen LogP contribution in [0.4, 0.5) is 10.5 Å². The zero-order chi connectivity index (χ0) is 25.9. The number of nitrogens with zero attached hydrogens (tertiary/aromatic N) is 3. The standard InChI is InChI=1S/C28H36N4O3S/c1-7-8-14-29-26(20-10-12-23(34-5)24(17-20)35-6)32-15-13-28(3,4)21-16-19(9-11-22(21)32)25-18(2)36-27(33)31-30-25/h9-12,16-18H,7-8,13-15H2,1-6H3,(H,31,33)/b29-26-. The Labute approximate surface area is 218 Å². The van der Waals surface area contributed by atoms with Gasteiger partial charge in [-0.3, -0.25) is 9.79 Å². The van der Waals surface area contributed by atoms with Gasteiger partial charge in [-0.25, -0.2) is 5.43 Å². The van der Waals surface area contributed by atoms with Crippen LogP contribution < -0.4 is 19.8 Å². The molecule has 2 aliphatic heterocycles. The van der Waals surface area contributed by atoms with Gasteiger partial charge < -0.3 is 14.4 Å². The van der Waals surface area contributed by atoms with Crippen LogP contribution in [0.3, 0.4) is 0 Å². The Hall–Kier alpha value is -3.00. The normalized spacial score (nSPS) is 19.3. The molecule has 0 saturated heterocycles. The molecule has 192 valence electrons. The van der Waals surface area contributed by atoms with Crippen LogP contribution in [0.15, 0.2) is 46.5 Å². The summed E-state index contributed by atoms with van der Waals surface area (Å²) in [7, 11) is 3.31. The fraction of sp³-hybridized carbons (Fsp3) is 0.464. The number of anilines is 1. The van der Waals surface area contributed by atoms with Gasteiger partial charge in [0.25, 0.3) is 5.24 Å². The van der Waals surface area contributed by atoms with E-state index in [1.165, 1.54) is 17.3 Å². The molecule has 1 atom stereocenters. The number of nitrogens with one attached hydrogen (secondary N) is 1. The first-order valence-corrected chi connectivity index (χ1v) is 13.4. The zero-order valence-electron chi connectivity index (χ0n) is 22.1. The number of hydrazone groups is 1. The minimum atomic E-state index is -0.112. The van der Waals surface area contributed by atoms with Crippen LogP contribution in [0.5, 0.6) is 11.5 Å².